The Kier molecular flexibility index (Phi) is 3.64. The van der Waals surface area contributed by atoms with Gasteiger partial charge in [0.25, 0.3) is 0 Å². The van der Waals surface area contributed by atoms with E-state index in [1.54, 1.807) is 0 Å². The molecule has 3 aromatic rings. The van der Waals surface area contributed by atoms with Gasteiger partial charge in [0.2, 0.25) is 5.95 Å². The van der Waals surface area contributed by atoms with E-state index in [0.717, 1.165) is 42.8 Å². The van der Waals surface area contributed by atoms with Crippen LogP contribution in [0.15, 0.2) is 30.3 Å². The summed E-state index contributed by atoms with van der Waals surface area (Å²) >= 11 is 0. The molecular weight excluding hydrogens is 262 g/mol. The van der Waals surface area contributed by atoms with Crippen molar-refractivity contribution in [1.29, 1.82) is 0 Å². The molecule has 3 rings (SSSR count). The fraction of sp³-hybridized carbons (Fsp3) is 0.375. The van der Waals surface area contributed by atoms with Gasteiger partial charge in [-0.05, 0) is 32.3 Å². The number of nitrogens with zero attached hydrogens (tertiary/aromatic N) is 4. The highest BCUT2D eigenvalue weighted by atomic mass is 15.4. The van der Waals surface area contributed by atoms with Crippen molar-refractivity contribution in [2.45, 2.75) is 39.8 Å². The fourth-order valence-electron chi connectivity index (χ4n) is 2.77. The van der Waals surface area contributed by atoms with Gasteiger partial charge >= 0.3 is 0 Å². The third-order valence-corrected chi connectivity index (χ3v) is 3.82. The van der Waals surface area contributed by atoms with Crippen molar-refractivity contribution in [2.75, 3.05) is 5.73 Å². The van der Waals surface area contributed by atoms with Crippen molar-refractivity contribution < 1.29 is 0 Å². The Morgan fingerprint density at radius 3 is 2.67 bits per heavy atom. The number of hydrogen-bond donors (Lipinski definition) is 1. The number of hydrogen-bond acceptors (Lipinski definition) is 3. The Balaban J connectivity index is 1.82. The van der Waals surface area contributed by atoms with Gasteiger partial charge in [-0.25, -0.2) is 9.67 Å². The highest BCUT2D eigenvalue weighted by molar-refractivity contribution is 5.77. The topological polar surface area (TPSA) is 61.7 Å². The third kappa shape index (κ3) is 2.51. The van der Waals surface area contributed by atoms with Gasteiger partial charge in [0.1, 0.15) is 5.52 Å². The number of fused-ring (bicyclic) bond motifs is 1. The van der Waals surface area contributed by atoms with Crippen LogP contribution in [-0.2, 0) is 19.5 Å². The molecule has 0 spiro atoms. The van der Waals surface area contributed by atoms with E-state index in [9.17, 15) is 0 Å². The number of imidazole rings is 1. The molecule has 0 unspecified atom stereocenters. The second-order valence-corrected chi connectivity index (χ2v) is 5.28. The number of benzene rings is 1. The highest BCUT2D eigenvalue weighted by Gasteiger charge is 2.16. The van der Waals surface area contributed by atoms with Gasteiger partial charge in [0.05, 0.1) is 5.69 Å². The molecule has 0 saturated heterocycles. The standard InChI is InChI=1S/C16H21N5/c1-3-21-15-14(12(2)19-21)18-16(17)20(15)11-7-10-13-8-5-4-6-9-13/h4-6,8-9H,3,7,10-11H2,1-2H3,(H2,17,18). The number of nitrogens with two attached hydrogens (primary N) is 1. The fourth-order valence-corrected chi connectivity index (χ4v) is 2.77. The van der Waals surface area contributed by atoms with E-state index in [0.29, 0.717) is 5.95 Å². The van der Waals surface area contributed by atoms with Gasteiger partial charge in [-0.3, -0.25) is 4.57 Å². The van der Waals surface area contributed by atoms with Crippen molar-refractivity contribution in [3.8, 4) is 0 Å². The summed E-state index contributed by atoms with van der Waals surface area (Å²) in [5.74, 6) is 0.584. The van der Waals surface area contributed by atoms with Crippen LogP contribution in [0.25, 0.3) is 11.2 Å². The summed E-state index contributed by atoms with van der Waals surface area (Å²) in [7, 11) is 0. The molecule has 0 amide bonds. The SMILES string of the molecule is CCn1nc(C)c2nc(N)n(CCCc3ccccc3)c21. The zero-order chi connectivity index (χ0) is 14.8. The monoisotopic (exact) mass is 283 g/mol. The first kappa shape index (κ1) is 13.7. The Morgan fingerprint density at radius 1 is 1.19 bits per heavy atom. The van der Waals surface area contributed by atoms with Crippen LogP contribution in [0.2, 0.25) is 0 Å². The van der Waals surface area contributed by atoms with Gasteiger partial charge in [-0.2, -0.15) is 5.10 Å². The van der Waals surface area contributed by atoms with Gasteiger partial charge < -0.3 is 5.73 Å². The maximum Gasteiger partial charge on any atom is 0.202 e. The first-order valence-corrected chi connectivity index (χ1v) is 7.43. The maximum absolute atomic E-state index is 6.08. The summed E-state index contributed by atoms with van der Waals surface area (Å²) in [6.45, 7) is 5.76. The molecule has 2 aromatic heterocycles. The summed E-state index contributed by atoms with van der Waals surface area (Å²) in [6.07, 6.45) is 2.08. The van der Waals surface area contributed by atoms with E-state index >= 15 is 0 Å². The molecule has 0 aliphatic carbocycles. The normalized spacial score (nSPS) is 11.3. The summed E-state index contributed by atoms with van der Waals surface area (Å²) < 4.78 is 4.07. The molecule has 5 nitrogen and oxygen atoms in total. The van der Waals surface area contributed by atoms with Gasteiger partial charge in [0, 0.05) is 13.1 Å². The van der Waals surface area contributed by atoms with Crippen molar-refractivity contribution in [3.05, 3.63) is 41.6 Å². The average molecular weight is 283 g/mol. The number of nitrogen functional groups attached to an aromatic ring is 1. The summed E-state index contributed by atoms with van der Waals surface area (Å²) in [5, 5.41) is 4.51. The number of aromatic nitrogens is 4. The lowest BCUT2D eigenvalue weighted by Crippen LogP contribution is -2.09. The first-order valence-electron chi connectivity index (χ1n) is 7.43. The van der Waals surface area contributed by atoms with Crippen molar-refractivity contribution in [1.82, 2.24) is 19.3 Å². The van der Waals surface area contributed by atoms with Crippen LogP contribution in [0.4, 0.5) is 5.95 Å². The molecule has 5 heteroatoms. The van der Waals surface area contributed by atoms with Crippen LogP contribution < -0.4 is 5.73 Å². The number of rotatable bonds is 5. The molecular formula is C16H21N5. The first-order chi connectivity index (χ1) is 10.2. The molecule has 2 N–H and O–H groups in total. The lowest BCUT2D eigenvalue weighted by molar-refractivity contribution is 0.612. The van der Waals surface area contributed by atoms with Gasteiger partial charge in [0.15, 0.2) is 5.65 Å². The van der Waals surface area contributed by atoms with Crippen LogP contribution >= 0.6 is 0 Å². The largest absolute Gasteiger partial charge is 0.369 e. The van der Waals surface area contributed by atoms with Gasteiger partial charge in [-0.15, -0.1) is 0 Å². The van der Waals surface area contributed by atoms with Crippen molar-refractivity contribution >= 4 is 17.1 Å². The van der Waals surface area contributed by atoms with E-state index in [2.05, 4.69) is 45.8 Å². The summed E-state index contributed by atoms with van der Waals surface area (Å²) in [5.41, 5.74) is 10.3. The minimum atomic E-state index is 0.584. The summed E-state index contributed by atoms with van der Waals surface area (Å²) in [6, 6.07) is 10.5. The Hall–Kier alpha value is -2.30. The second-order valence-electron chi connectivity index (χ2n) is 5.28. The molecule has 0 fully saturated rings. The average Bonchev–Trinajstić information content (AvgIpc) is 2.98. The minimum Gasteiger partial charge on any atom is -0.369 e. The van der Waals surface area contributed by atoms with Crippen LogP contribution in [-0.4, -0.2) is 19.3 Å². The minimum absolute atomic E-state index is 0.584. The summed E-state index contributed by atoms with van der Waals surface area (Å²) in [4.78, 5) is 4.46. The van der Waals surface area contributed by atoms with E-state index < -0.39 is 0 Å². The van der Waals surface area contributed by atoms with E-state index in [4.69, 9.17) is 5.73 Å². The van der Waals surface area contributed by atoms with E-state index in [-0.39, 0.29) is 0 Å². The van der Waals surface area contributed by atoms with Crippen LogP contribution in [0.5, 0.6) is 0 Å². The van der Waals surface area contributed by atoms with E-state index in [1.165, 1.54) is 5.56 Å². The van der Waals surface area contributed by atoms with E-state index in [1.807, 2.05) is 17.7 Å². The maximum atomic E-state index is 6.08. The molecule has 0 saturated carbocycles. The smallest absolute Gasteiger partial charge is 0.202 e. The third-order valence-electron chi connectivity index (χ3n) is 3.82. The molecule has 0 aliphatic rings. The number of aryl methyl sites for hydroxylation is 4. The van der Waals surface area contributed by atoms with Crippen molar-refractivity contribution in [2.24, 2.45) is 0 Å². The lowest BCUT2D eigenvalue weighted by atomic mass is 10.1. The van der Waals surface area contributed by atoms with Gasteiger partial charge in [-0.1, -0.05) is 30.3 Å². The molecule has 21 heavy (non-hydrogen) atoms. The predicted octanol–water partition coefficient (Wildman–Crippen LogP) is 2.78. The zero-order valence-corrected chi connectivity index (χ0v) is 12.6. The lowest BCUT2D eigenvalue weighted by Gasteiger charge is -2.08. The molecule has 0 bridgehead atoms. The Morgan fingerprint density at radius 2 is 1.95 bits per heavy atom. The van der Waals surface area contributed by atoms with Crippen molar-refractivity contribution in [3.63, 3.8) is 0 Å². The van der Waals surface area contributed by atoms with Crippen LogP contribution in [0.1, 0.15) is 24.6 Å². The molecule has 110 valence electrons. The molecule has 0 aliphatic heterocycles. The second kappa shape index (κ2) is 5.60. The molecule has 1 aromatic carbocycles. The Bertz CT molecular complexity index is 739. The molecule has 0 radical (unpaired) electrons. The number of anilines is 1. The zero-order valence-electron chi connectivity index (χ0n) is 12.6. The Labute approximate surface area is 124 Å². The van der Waals surface area contributed by atoms with Crippen LogP contribution in [0.3, 0.4) is 0 Å². The molecule has 2 heterocycles. The quantitative estimate of drug-likeness (QED) is 0.783. The van der Waals surface area contributed by atoms with Crippen LogP contribution in [0, 0.1) is 6.92 Å². The highest BCUT2D eigenvalue weighted by Crippen LogP contribution is 2.21. The predicted molar refractivity (Wildman–Crippen MR) is 85.1 cm³/mol. The molecule has 0 atom stereocenters.